The zero-order valence-electron chi connectivity index (χ0n) is 21.3. The molecule has 0 aliphatic heterocycles. The molecule has 2 atom stereocenters. The maximum atomic E-state index is 14.7. The molecule has 39 heavy (non-hydrogen) atoms. The third kappa shape index (κ3) is 6.54. The fourth-order valence-corrected chi connectivity index (χ4v) is 4.03. The number of amides is 1. The normalized spacial score (nSPS) is 13.1. The van der Waals surface area contributed by atoms with Crippen molar-refractivity contribution in [3.8, 4) is 11.3 Å². The van der Waals surface area contributed by atoms with E-state index in [1.54, 1.807) is 12.1 Å². The minimum atomic E-state index is -4.38. The number of halogens is 4. The molecule has 0 fully saturated rings. The van der Waals surface area contributed by atoms with Crippen molar-refractivity contribution in [2.75, 3.05) is 30.8 Å². The first kappa shape index (κ1) is 27.6. The summed E-state index contributed by atoms with van der Waals surface area (Å²) in [5, 5.41) is 8.10. The van der Waals surface area contributed by atoms with E-state index in [1.807, 2.05) is 13.8 Å². The van der Waals surface area contributed by atoms with Gasteiger partial charge in [-0.1, -0.05) is 19.9 Å². The number of hydrogen-bond donors (Lipinski definition) is 3. The van der Waals surface area contributed by atoms with Crippen molar-refractivity contribution < 1.29 is 22.4 Å². The van der Waals surface area contributed by atoms with Crippen LogP contribution in [0.5, 0.6) is 0 Å². The molecule has 0 saturated heterocycles. The maximum absolute atomic E-state index is 14.7. The predicted molar refractivity (Wildman–Crippen MR) is 139 cm³/mol. The van der Waals surface area contributed by atoms with Gasteiger partial charge in [0, 0.05) is 49.2 Å². The van der Waals surface area contributed by atoms with E-state index < -0.39 is 24.4 Å². The van der Waals surface area contributed by atoms with Crippen LogP contribution in [-0.2, 0) is 0 Å². The van der Waals surface area contributed by atoms with E-state index in [0.29, 0.717) is 29.1 Å². The number of alkyl halides is 3. The molecular formula is C26H26F4N8O. The molecule has 3 aromatic heterocycles. The first-order chi connectivity index (χ1) is 18.6. The number of nitrogens with zero attached hydrogens (tertiary/aromatic N) is 5. The molecular weight excluding hydrogens is 516 g/mol. The summed E-state index contributed by atoms with van der Waals surface area (Å²) >= 11 is 0. The fourth-order valence-electron chi connectivity index (χ4n) is 4.03. The van der Waals surface area contributed by atoms with Gasteiger partial charge in [-0.05, 0) is 29.5 Å². The van der Waals surface area contributed by atoms with Gasteiger partial charge in [0.15, 0.2) is 0 Å². The first-order valence-electron chi connectivity index (χ1n) is 12.1. The average Bonchev–Trinajstić information content (AvgIpc) is 2.94. The van der Waals surface area contributed by atoms with Crippen molar-refractivity contribution in [2.24, 2.45) is 5.92 Å². The number of nitrogens with one attached hydrogen (secondary N) is 3. The van der Waals surface area contributed by atoms with E-state index in [-0.39, 0.29) is 28.7 Å². The third-order valence-corrected chi connectivity index (χ3v) is 6.36. The Hall–Kier alpha value is -4.42. The average molecular weight is 543 g/mol. The second-order valence-corrected chi connectivity index (χ2v) is 9.00. The zero-order valence-corrected chi connectivity index (χ0v) is 21.3. The molecule has 3 N–H and O–H groups in total. The van der Waals surface area contributed by atoms with Crippen LogP contribution in [0.4, 0.5) is 29.3 Å². The Kier molecular flexibility index (Phi) is 8.17. The molecule has 1 aromatic carbocycles. The summed E-state index contributed by atoms with van der Waals surface area (Å²) in [5.41, 5.74) is 2.47. The zero-order chi connectivity index (χ0) is 28.2. The van der Waals surface area contributed by atoms with E-state index in [2.05, 4.69) is 40.9 Å². The fraction of sp³-hybridized carbons (Fsp3) is 0.308. The highest BCUT2D eigenvalue weighted by Gasteiger charge is 2.27. The van der Waals surface area contributed by atoms with Crippen molar-refractivity contribution in [1.82, 2.24) is 30.2 Å². The Morgan fingerprint density at radius 2 is 1.74 bits per heavy atom. The molecule has 3 heterocycles. The number of carbonyl (C=O) groups excluding carboxylic acids is 1. The van der Waals surface area contributed by atoms with Crippen molar-refractivity contribution in [3.63, 3.8) is 0 Å². The number of pyridine rings is 1. The minimum absolute atomic E-state index is 0.0462. The van der Waals surface area contributed by atoms with Gasteiger partial charge >= 0.3 is 6.18 Å². The van der Waals surface area contributed by atoms with Gasteiger partial charge in [0.05, 0.1) is 16.8 Å². The van der Waals surface area contributed by atoms with Crippen LogP contribution in [0.25, 0.3) is 22.2 Å². The molecule has 0 spiro atoms. The number of hydrogen-bond acceptors (Lipinski definition) is 8. The second kappa shape index (κ2) is 11.5. The molecule has 204 valence electrons. The molecule has 0 bridgehead atoms. The quantitative estimate of drug-likeness (QED) is 0.258. The monoisotopic (exact) mass is 542 g/mol. The molecule has 4 rings (SSSR count). The number of anilines is 2. The smallest absolute Gasteiger partial charge is 0.370 e. The summed E-state index contributed by atoms with van der Waals surface area (Å²) in [7, 11) is 1.49. The van der Waals surface area contributed by atoms with Crippen molar-refractivity contribution in [2.45, 2.75) is 25.9 Å². The van der Waals surface area contributed by atoms with Crippen LogP contribution in [0.2, 0.25) is 0 Å². The van der Waals surface area contributed by atoms with Gasteiger partial charge in [-0.3, -0.25) is 9.78 Å². The van der Waals surface area contributed by atoms with Crippen LogP contribution >= 0.6 is 0 Å². The van der Waals surface area contributed by atoms with E-state index >= 15 is 0 Å². The molecule has 2 unspecified atom stereocenters. The third-order valence-electron chi connectivity index (χ3n) is 6.36. The van der Waals surface area contributed by atoms with Gasteiger partial charge in [0.2, 0.25) is 5.95 Å². The summed E-state index contributed by atoms with van der Waals surface area (Å²) in [6, 6.07) is 6.22. The van der Waals surface area contributed by atoms with Crippen LogP contribution in [0.3, 0.4) is 0 Å². The lowest BCUT2D eigenvalue weighted by molar-refractivity contribution is -0.115. The molecule has 4 aromatic rings. The molecule has 1 amide bonds. The maximum Gasteiger partial charge on any atom is 0.405 e. The molecule has 0 aliphatic carbocycles. The van der Waals surface area contributed by atoms with Gasteiger partial charge in [0.25, 0.3) is 5.91 Å². The second-order valence-electron chi connectivity index (χ2n) is 9.00. The number of benzene rings is 1. The topological polar surface area (TPSA) is 118 Å². The standard InChI is InChI=1S/C26H26F4N8O/c1-14(15(2)17-4-5-19(27)22-18(24(39)31-3)6-7-32-23(17)22)9-33-21-8-20(37-13-38-21)16-10-34-25(35-11-16)36-12-26(28,29)30/h4-8,10-11,13-15H,9,12H2,1-3H3,(H,31,39)(H,33,37,38)(H,34,35,36). The summed E-state index contributed by atoms with van der Waals surface area (Å²) in [6.45, 7) is 3.30. The van der Waals surface area contributed by atoms with E-state index in [9.17, 15) is 22.4 Å². The van der Waals surface area contributed by atoms with E-state index in [1.165, 1.54) is 44.1 Å². The highest BCUT2D eigenvalue weighted by Crippen LogP contribution is 2.32. The van der Waals surface area contributed by atoms with Crippen LogP contribution in [0.1, 0.15) is 35.7 Å². The predicted octanol–water partition coefficient (Wildman–Crippen LogP) is 4.81. The van der Waals surface area contributed by atoms with Crippen LogP contribution in [0.15, 0.2) is 49.2 Å². The molecule has 13 heteroatoms. The van der Waals surface area contributed by atoms with Gasteiger partial charge in [-0.25, -0.2) is 24.3 Å². The summed E-state index contributed by atoms with van der Waals surface area (Å²) < 4.78 is 51.9. The Morgan fingerprint density at radius 3 is 2.44 bits per heavy atom. The molecule has 9 nitrogen and oxygen atoms in total. The van der Waals surface area contributed by atoms with Gasteiger partial charge in [0.1, 0.15) is 24.5 Å². The van der Waals surface area contributed by atoms with Crippen LogP contribution in [0, 0.1) is 11.7 Å². The van der Waals surface area contributed by atoms with Gasteiger partial charge in [-0.15, -0.1) is 0 Å². The Balaban J connectivity index is 1.46. The molecule has 0 aliphatic rings. The molecule has 0 radical (unpaired) electrons. The van der Waals surface area contributed by atoms with Crippen LogP contribution < -0.4 is 16.0 Å². The van der Waals surface area contributed by atoms with Gasteiger partial charge < -0.3 is 16.0 Å². The van der Waals surface area contributed by atoms with Crippen LogP contribution in [-0.4, -0.2) is 57.1 Å². The van der Waals surface area contributed by atoms with Gasteiger partial charge in [-0.2, -0.15) is 13.2 Å². The first-order valence-corrected chi connectivity index (χ1v) is 12.1. The highest BCUT2D eigenvalue weighted by molar-refractivity contribution is 6.06. The Bertz CT molecular complexity index is 1460. The Labute approximate surface area is 221 Å². The number of fused-ring (bicyclic) bond motifs is 1. The number of carbonyl (C=O) groups is 1. The summed E-state index contributed by atoms with van der Waals surface area (Å²) in [6.07, 6.45) is 1.24. The Morgan fingerprint density at radius 1 is 1.00 bits per heavy atom. The lowest BCUT2D eigenvalue weighted by Crippen LogP contribution is -2.22. The van der Waals surface area contributed by atoms with E-state index in [4.69, 9.17) is 0 Å². The minimum Gasteiger partial charge on any atom is -0.370 e. The number of rotatable bonds is 9. The lowest BCUT2D eigenvalue weighted by atomic mass is 9.86. The summed E-state index contributed by atoms with van der Waals surface area (Å²) in [4.78, 5) is 32.9. The SMILES string of the molecule is CNC(=O)c1ccnc2c(C(C)C(C)CNc3cc(-c4cnc(NCC(F)(F)F)nc4)ncn3)ccc(F)c12. The van der Waals surface area contributed by atoms with E-state index in [0.717, 1.165) is 5.56 Å². The summed E-state index contributed by atoms with van der Waals surface area (Å²) in [5.74, 6) is -0.527. The molecule has 0 saturated carbocycles. The van der Waals surface area contributed by atoms with Crippen molar-refractivity contribution >= 4 is 28.6 Å². The number of aromatic nitrogens is 5. The highest BCUT2D eigenvalue weighted by atomic mass is 19.4. The van der Waals surface area contributed by atoms with Crippen molar-refractivity contribution in [3.05, 3.63) is 66.1 Å². The largest absolute Gasteiger partial charge is 0.405 e. The van der Waals surface area contributed by atoms with Crippen molar-refractivity contribution in [1.29, 1.82) is 0 Å². The lowest BCUT2D eigenvalue weighted by Gasteiger charge is -2.22.